The second kappa shape index (κ2) is 10.5. The molecule has 0 fully saturated rings. The first kappa shape index (κ1) is 20.6. The number of nitrogens with one attached hydrogen (secondary N) is 2. The Morgan fingerprint density at radius 2 is 1.76 bits per heavy atom. The molecule has 2 amide bonds. The number of carbonyl (C=O) groups is 3. The fourth-order valence-electron chi connectivity index (χ4n) is 2.12. The highest BCUT2D eigenvalue weighted by Crippen LogP contribution is 2.05. The molecular weight excluding hydrogens is 324 g/mol. The number of carboxylic acids is 1. The predicted molar refractivity (Wildman–Crippen MR) is 92.7 cm³/mol. The van der Waals surface area contributed by atoms with E-state index >= 15 is 0 Å². The predicted octanol–water partition coefficient (Wildman–Crippen LogP) is 1.32. The first-order valence-corrected chi connectivity index (χ1v) is 8.25. The van der Waals surface area contributed by atoms with Gasteiger partial charge in [-0.2, -0.15) is 0 Å². The quantitative estimate of drug-likeness (QED) is 0.590. The maximum absolute atomic E-state index is 11.9. The summed E-state index contributed by atoms with van der Waals surface area (Å²) in [5.41, 5.74) is 0.942. The third kappa shape index (κ3) is 8.30. The minimum atomic E-state index is -1.09. The summed E-state index contributed by atoms with van der Waals surface area (Å²) in [4.78, 5) is 34.9. The van der Waals surface area contributed by atoms with Gasteiger partial charge in [0.05, 0.1) is 13.2 Å². The second-order valence-electron chi connectivity index (χ2n) is 6.24. The third-order valence-electron chi connectivity index (χ3n) is 3.48. The van der Waals surface area contributed by atoms with E-state index in [4.69, 9.17) is 9.84 Å². The SMILES string of the molecule is CC(C)C[C@H](NC(=O)CNC(=O)C(C)OCc1ccccc1)C(=O)O. The second-order valence-corrected chi connectivity index (χ2v) is 6.24. The van der Waals surface area contributed by atoms with E-state index in [9.17, 15) is 14.4 Å². The Hall–Kier alpha value is -2.41. The fourth-order valence-corrected chi connectivity index (χ4v) is 2.12. The molecule has 2 atom stereocenters. The third-order valence-corrected chi connectivity index (χ3v) is 3.48. The van der Waals surface area contributed by atoms with Crippen LogP contribution in [-0.4, -0.2) is 41.6 Å². The first-order chi connectivity index (χ1) is 11.8. The first-order valence-electron chi connectivity index (χ1n) is 8.25. The van der Waals surface area contributed by atoms with Gasteiger partial charge in [-0.25, -0.2) is 4.79 Å². The molecular formula is C18H26N2O5. The van der Waals surface area contributed by atoms with Crippen molar-refractivity contribution in [3.05, 3.63) is 35.9 Å². The van der Waals surface area contributed by atoms with Crippen LogP contribution in [0.5, 0.6) is 0 Å². The zero-order valence-corrected chi connectivity index (χ0v) is 14.8. The molecule has 1 unspecified atom stereocenters. The van der Waals surface area contributed by atoms with Gasteiger partial charge in [-0.3, -0.25) is 9.59 Å². The Labute approximate surface area is 147 Å². The summed E-state index contributed by atoms with van der Waals surface area (Å²) in [6, 6.07) is 8.46. The molecule has 1 rings (SSSR count). The maximum atomic E-state index is 11.9. The van der Waals surface area contributed by atoms with Gasteiger partial charge in [0.1, 0.15) is 12.1 Å². The zero-order chi connectivity index (χ0) is 18.8. The maximum Gasteiger partial charge on any atom is 0.326 e. The number of amides is 2. The van der Waals surface area contributed by atoms with E-state index in [-0.39, 0.29) is 19.1 Å². The molecule has 0 aromatic heterocycles. The molecule has 0 spiro atoms. The molecule has 0 saturated heterocycles. The van der Waals surface area contributed by atoms with Crippen LogP contribution in [0, 0.1) is 5.92 Å². The Morgan fingerprint density at radius 1 is 1.12 bits per heavy atom. The Kier molecular flexibility index (Phi) is 8.63. The van der Waals surface area contributed by atoms with Crippen LogP contribution in [0.25, 0.3) is 0 Å². The van der Waals surface area contributed by atoms with Crippen LogP contribution in [-0.2, 0) is 25.7 Å². The fraction of sp³-hybridized carbons (Fsp3) is 0.500. The monoisotopic (exact) mass is 350 g/mol. The smallest absolute Gasteiger partial charge is 0.326 e. The van der Waals surface area contributed by atoms with E-state index in [0.29, 0.717) is 6.42 Å². The lowest BCUT2D eigenvalue weighted by Crippen LogP contribution is -2.47. The van der Waals surface area contributed by atoms with E-state index in [1.807, 2.05) is 44.2 Å². The van der Waals surface area contributed by atoms with Crippen LogP contribution >= 0.6 is 0 Å². The molecule has 0 aliphatic carbocycles. The molecule has 1 aromatic rings. The Balaban J connectivity index is 2.36. The van der Waals surface area contributed by atoms with Crippen molar-refractivity contribution < 1.29 is 24.2 Å². The lowest BCUT2D eigenvalue weighted by Gasteiger charge is -2.17. The summed E-state index contributed by atoms with van der Waals surface area (Å²) in [5.74, 6) is -1.94. The molecule has 0 heterocycles. The molecule has 7 heteroatoms. The number of carboxylic acid groups (broad SMARTS) is 1. The van der Waals surface area contributed by atoms with Crippen molar-refractivity contribution in [1.29, 1.82) is 0 Å². The van der Waals surface area contributed by atoms with Crippen molar-refractivity contribution >= 4 is 17.8 Å². The summed E-state index contributed by atoms with van der Waals surface area (Å²) >= 11 is 0. The van der Waals surface area contributed by atoms with Gasteiger partial charge >= 0.3 is 5.97 Å². The minimum absolute atomic E-state index is 0.127. The van der Waals surface area contributed by atoms with E-state index in [0.717, 1.165) is 5.56 Å². The zero-order valence-electron chi connectivity index (χ0n) is 14.8. The van der Waals surface area contributed by atoms with Crippen molar-refractivity contribution in [1.82, 2.24) is 10.6 Å². The number of hydrogen-bond donors (Lipinski definition) is 3. The van der Waals surface area contributed by atoms with Crippen LogP contribution in [0.2, 0.25) is 0 Å². The van der Waals surface area contributed by atoms with Gasteiger partial charge in [0.25, 0.3) is 0 Å². The highest BCUT2D eigenvalue weighted by Gasteiger charge is 2.21. The summed E-state index contributed by atoms with van der Waals surface area (Å²) in [5, 5.41) is 13.9. The van der Waals surface area contributed by atoms with Gasteiger partial charge in [0.2, 0.25) is 11.8 Å². The number of aliphatic carboxylic acids is 1. The molecule has 25 heavy (non-hydrogen) atoms. The normalized spacial score (nSPS) is 13.1. The number of hydrogen-bond acceptors (Lipinski definition) is 4. The van der Waals surface area contributed by atoms with Crippen LogP contribution < -0.4 is 10.6 Å². The van der Waals surface area contributed by atoms with Crippen molar-refractivity contribution in [2.24, 2.45) is 5.92 Å². The van der Waals surface area contributed by atoms with Crippen molar-refractivity contribution in [2.75, 3.05) is 6.54 Å². The summed E-state index contributed by atoms with van der Waals surface area (Å²) in [6.07, 6.45) is -0.398. The summed E-state index contributed by atoms with van der Waals surface area (Å²) in [6.45, 7) is 5.33. The molecule has 0 aliphatic heterocycles. The summed E-state index contributed by atoms with van der Waals surface area (Å²) < 4.78 is 5.46. The van der Waals surface area contributed by atoms with Gasteiger partial charge in [-0.15, -0.1) is 0 Å². The number of benzene rings is 1. The lowest BCUT2D eigenvalue weighted by atomic mass is 10.0. The average molecular weight is 350 g/mol. The Morgan fingerprint density at radius 3 is 2.32 bits per heavy atom. The van der Waals surface area contributed by atoms with Gasteiger partial charge in [-0.1, -0.05) is 44.2 Å². The molecule has 138 valence electrons. The Bertz CT molecular complexity index is 574. The topological polar surface area (TPSA) is 105 Å². The molecule has 0 saturated carbocycles. The molecule has 7 nitrogen and oxygen atoms in total. The van der Waals surface area contributed by atoms with Gasteiger partial charge in [-0.05, 0) is 24.8 Å². The number of carbonyl (C=O) groups excluding carboxylic acids is 2. The van der Waals surface area contributed by atoms with Crippen LogP contribution in [0.4, 0.5) is 0 Å². The van der Waals surface area contributed by atoms with E-state index < -0.39 is 29.9 Å². The van der Waals surface area contributed by atoms with Gasteiger partial charge in [0, 0.05) is 0 Å². The van der Waals surface area contributed by atoms with Gasteiger partial charge < -0.3 is 20.5 Å². The van der Waals surface area contributed by atoms with Crippen molar-refractivity contribution in [3.63, 3.8) is 0 Å². The molecule has 0 bridgehead atoms. The van der Waals surface area contributed by atoms with Crippen LogP contribution in [0.15, 0.2) is 30.3 Å². The lowest BCUT2D eigenvalue weighted by molar-refractivity contribution is -0.142. The van der Waals surface area contributed by atoms with E-state index in [1.54, 1.807) is 6.92 Å². The highest BCUT2D eigenvalue weighted by atomic mass is 16.5. The number of rotatable bonds is 10. The molecule has 1 aromatic carbocycles. The standard InChI is InChI=1S/C18H26N2O5/c1-12(2)9-15(18(23)24)20-16(21)10-19-17(22)13(3)25-11-14-7-5-4-6-8-14/h4-8,12-13,15H,9-11H2,1-3H3,(H,19,22)(H,20,21)(H,23,24)/t13?,15-/m0/s1. The van der Waals surface area contributed by atoms with E-state index in [2.05, 4.69) is 10.6 Å². The van der Waals surface area contributed by atoms with E-state index in [1.165, 1.54) is 0 Å². The largest absolute Gasteiger partial charge is 0.480 e. The van der Waals surface area contributed by atoms with Gasteiger partial charge in [0.15, 0.2) is 0 Å². The summed E-state index contributed by atoms with van der Waals surface area (Å²) in [7, 11) is 0. The number of ether oxygens (including phenoxy) is 1. The average Bonchev–Trinajstić information content (AvgIpc) is 2.57. The van der Waals surface area contributed by atoms with Crippen LogP contribution in [0.3, 0.4) is 0 Å². The molecule has 3 N–H and O–H groups in total. The molecule has 0 radical (unpaired) electrons. The van der Waals surface area contributed by atoms with Crippen LogP contribution in [0.1, 0.15) is 32.8 Å². The minimum Gasteiger partial charge on any atom is -0.480 e. The van der Waals surface area contributed by atoms with Crippen molar-refractivity contribution in [2.45, 2.75) is 45.9 Å². The highest BCUT2D eigenvalue weighted by molar-refractivity contribution is 5.89. The molecule has 0 aliphatic rings. The van der Waals surface area contributed by atoms with Crippen molar-refractivity contribution in [3.8, 4) is 0 Å².